The van der Waals surface area contributed by atoms with Gasteiger partial charge in [-0.15, -0.1) is 0 Å². The lowest BCUT2D eigenvalue weighted by Crippen LogP contribution is -3.00. The van der Waals surface area contributed by atoms with Crippen molar-refractivity contribution in [2.24, 2.45) is 18.2 Å². The van der Waals surface area contributed by atoms with E-state index in [0.717, 1.165) is 5.56 Å². The van der Waals surface area contributed by atoms with Crippen LogP contribution < -0.4 is 34.3 Å². The van der Waals surface area contributed by atoms with E-state index in [4.69, 9.17) is 10.5 Å². The van der Waals surface area contributed by atoms with Crippen LogP contribution in [0.5, 0.6) is 0 Å². The van der Waals surface area contributed by atoms with Gasteiger partial charge >= 0.3 is 0 Å². The molecule has 0 spiro atoms. The second-order valence-electron chi connectivity index (χ2n) is 7.01. The predicted molar refractivity (Wildman–Crippen MR) is 83.3 cm³/mol. The molecule has 1 aromatic rings. The van der Waals surface area contributed by atoms with Gasteiger partial charge in [0, 0.05) is 30.0 Å². The molecule has 24 heavy (non-hydrogen) atoms. The van der Waals surface area contributed by atoms with Crippen molar-refractivity contribution in [2.75, 3.05) is 0 Å². The van der Waals surface area contributed by atoms with E-state index in [1.54, 1.807) is 0 Å². The Bertz CT molecular complexity index is 803. The molecular weight excluding hydrogens is 417 g/mol. The maximum absolute atomic E-state index is 12.8. The quantitative estimate of drug-likeness (QED) is 0.450. The Kier molecular flexibility index (Phi) is 5.04. The summed E-state index contributed by atoms with van der Waals surface area (Å²) in [6.45, 7) is 4.07. The molecule has 0 radical (unpaired) electrons. The fourth-order valence-corrected chi connectivity index (χ4v) is 3.40. The number of nitrogens with two attached hydrogens (primary N) is 1. The number of pyridine rings is 1. The zero-order valence-corrected chi connectivity index (χ0v) is 16.1. The third-order valence-electron chi connectivity index (χ3n) is 4.37. The fraction of sp³-hybridized carbons (Fsp3) is 0.389. The molecule has 0 saturated carbocycles. The van der Waals surface area contributed by atoms with Gasteiger partial charge in [-0.25, -0.2) is 4.57 Å². The van der Waals surface area contributed by atoms with Gasteiger partial charge in [-0.3, -0.25) is 4.79 Å². The lowest BCUT2D eigenvalue weighted by molar-refractivity contribution is -0.671. The average molecular weight is 437 g/mol. The van der Waals surface area contributed by atoms with Crippen LogP contribution in [0, 0.1) is 16.7 Å². The maximum Gasteiger partial charge on any atom is 0.205 e. The van der Waals surface area contributed by atoms with Crippen molar-refractivity contribution in [3.05, 3.63) is 52.9 Å². The molecule has 1 aliphatic heterocycles. The number of halogens is 1. The second-order valence-corrected chi connectivity index (χ2v) is 7.01. The molecule has 1 aromatic heterocycles. The smallest absolute Gasteiger partial charge is 0.205 e. The second kappa shape index (κ2) is 6.55. The largest absolute Gasteiger partial charge is 1.00 e. The number of carbonyl (C=O) groups excluding carboxylic acids is 1. The van der Waals surface area contributed by atoms with Gasteiger partial charge in [0.25, 0.3) is 0 Å². The van der Waals surface area contributed by atoms with E-state index in [1.807, 2.05) is 50.0 Å². The zero-order chi connectivity index (χ0) is 16.8. The number of nitriles is 1. The van der Waals surface area contributed by atoms with Crippen LogP contribution in [0.1, 0.15) is 38.2 Å². The van der Waals surface area contributed by atoms with Crippen LogP contribution in [0.3, 0.4) is 0 Å². The number of rotatable bonds is 1. The van der Waals surface area contributed by atoms with Crippen molar-refractivity contribution in [1.82, 2.24) is 0 Å². The Morgan fingerprint density at radius 2 is 2.12 bits per heavy atom. The summed E-state index contributed by atoms with van der Waals surface area (Å²) in [5, 5.41) is 9.53. The van der Waals surface area contributed by atoms with Gasteiger partial charge in [-0.2, -0.15) is 5.26 Å². The molecule has 6 heteroatoms. The molecule has 2 aliphatic rings. The summed E-state index contributed by atoms with van der Waals surface area (Å²) in [5.74, 6) is 0.306. The predicted octanol–water partition coefficient (Wildman–Crippen LogP) is -1.03. The minimum absolute atomic E-state index is 0. The molecule has 5 nitrogen and oxygen atoms in total. The number of aromatic nitrogens is 1. The van der Waals surface area contributed by atoms with Crippen molar-refractivity contribution in [3.63, 3.8) is 0 Å². The van der Waals surface area contributed by atoms with Gasteiger partial charge in [0.05, 0.1) is 5.92 Å². The normalized spacial score (nSPS) is 22.2. The number of allylic oxidation sites excluding steroid dienone is 3. The first-order valence-corrected chi connectivity index (χ1v) is 7.61. The number of Topliss-reactive ketones (excluding diaryl/α,β-unsaturated/α-hetero) is 1. The Morgan fingerprint density at radius 3 is 2.75 bits per heavy atom. The molecule has 0 fully saturated rings. The van der Waals surface area contributed by atoms with Crippen LogP contribution in [-0.4, -0.2) is 5.78 Å². The van der Waals surface area contributed by atoms with E-state index < -0.39 is 5.92 Å². The van der Waals surface area contributed by atoms with Gasteiger partial charge in [0.1, 0.15) is 24.4 Å². The van der Waals surface area contributed by atoms with Crippen LogP contribution in [-0.2, 0) is 16.6 Å². The van der Waals surface area contributed by atoms with Gasteiger partial charge in [0.2, 0.25) is 5.88 Å². The highest BCUT2D eigenvalue weighted by atomic mass is 127. The summed E-state index contributed by atoms with van der Waals surface area (Å²) in [6, 6.07) is 5.94. The van der Waals surface area contributed by atoms with Crippen molar-refractivity contribution in [3.8, 4) is 6.07 Å². The highest BCUT2D eigenvalue weighted by Gasteiger charge is 2.43. The fourth-order valence-electron chi connectivity index (χ4n) is 3.40. The van der Waals surface area contributed by atoms with Gasteiger partial charge < -0.3 is 34.4 Å². The van der Waals surface area contributed by atoms with E-state index in [0.29, 0.717) is 29.7 Å². The van der Waals surface area contributed by atoms with Crippen LogP contribution in [0.25, 0.3) is 0 Å². The molecule has 1 unspecified atom stereocenters. The highest BCUT2D eigenvalue weighted by molar-refractivity contribution is 6.00. The Balaban J connectivity index is 0.00000208. The van der Waals surface area contributed by atoms with Gasteiger partial charge in [-0.05, 0) is 11.5 Å². The summed E-state index contributed by atoms with van der Waals surface area (Å²) < 4.78 is 7.56. The van der Waals surface area contributed by atoms with E-state index in [1.165, 1.54) is 0 Å². The summed E-state index contributed by atoms with van der Waals surface area (Å²) in [6.07, 6.45) is 4.91. The van der Waals surface area contributed by atoms with E-state index in [9.17, 15) is 10.1 Å². The van der Waals surface area contributed by atoms with Gasteiger partial charge in [0.15, 0.2) is 18.2 Å². The lowest BCUT2D eigenvalue weighted by atomic mass is 9.70. The summed E-state index contributed by atoms with van der Waals surface area (Å²) in [5.41, 5.74) is 7.58. The standard InChI is InChI=1S/C18H20N3O2.HI/c1-18(2)7-13(22)16-14(8-18)23-17(20)12(9-19)15(16)11-5-4-6-21(3)10-11;/h4-6,10,15H,7-8,20H2,1-3H3;1H/q+1;/p-1. The molecule has 0 saturated heterocycles. The van der Waals surface area contributed by atoms with E-state index in [2.05, 4.69) is 6.07 Å². The first-order chi connectivity index (χ1) is 10.8. The molecule has 1 aliphatic carbocycles. The Hall–Kier alpha value is -1.88. The highest BCUT2D eigenvalue weighted by Crippen LogP contribution is 2.47. The lowest BCUT2D eigenvalue weighted by Gasteiger charge is -2.36. The van der Waals surface area contributed by atoms with Crippen LogP contribution in [0.4, 0.5) is 0 Å². The van der Waals surface area contributed by atoms with Crippen LogP contribution in [0.2, 0.25) is 0 Å². The molecular formula is C18H20IN3O2. The van der Waals surface area contributed by atoms with Crippen molar-refractivity contribution >= 4 is 5.78 Å². The number of hydrogen-bond acceptors (Lipinski definition) is 4. The topological polar surface area (TPSA) is 80.0 Å². The monoisotopic (exact) mass is 437 g/mol. The van der Waals surface area contributed by atoms with Crippen LogP contribution in [0.15, 0.2) is 47.3 Å². The Labute approximate surface area is 158 Å². The third kappa shape index (κ3) is 3.18. The number of hydrogen-bond donors (Lipinski definition) is 1. The Morgan fingerprint density at radius 1 is 1.42 bits per heavy atom. The summed E-state index contributed by atoms with van der Waals surface area (Å²) >= 11 is 0. The van der Waals surface area contributed by atoms with Crippen molar-refractivity contribution in [2.45, 2.75) is 32.6 Å². The van der Waals surface area contributed by atoms with Gasteiger partial charge in [-0.1, -0.05) is 13.8 Å². The summed E-state index contributed by atoms with van der Waals surface area (Å²) in [7, 11) is 1.91. The van der Waals surface area contributed by atoms with Crippen molar-refractivity contribution in [1.29, 1.82) is 5.26 Å². The van der Waals surface area contributed by atoms with Crippen molar-refractivity contribution < 1.29 is 38.1 Å². The molecule has 1 atom stereocenters. The molecule has 0 aromatic carbocycles. The molecule has 3 rings (SSSR count). The van der Waals surface area contributed by atoms with E-state index in [-0.39, 0.29) is 41.1 Å². The summed E-state index contributed by atoms with van der Waals surface area (Å²) in [4.78, 5) is 12.8. The first-order valence-electron chi connectivity index (χ1n) is 7.61. The SMILES string of the molecule is C[n+]1cccc(C2C(C#N)=C(N)OC3=C2C(=O)CC(C)(C)C3)c1.[I-]. The minimum atomic E-state index is -0.445. The number of nitrogens with zero attached hydrogens (tertiary/aromatic N) is 2. The molecule has 0 amide bonds. The maximum atomic E-state index is 12.8. The molecule has 2 heterocycles. The zero-order valence-electron chi connectivity index (χ0n) is 14.0. The molecule has 2 N–H and O–H groups in total. The van der Waals surface area contributed by atoms with Crippen LogP contribution >= 0.6 is 0 Å². The molecule has 0 bridgehead atoms. The minimum Gasteiger partial charge on any atom is -1.00 e. The number of carbonyl (C=O) groups is 1. The average Bonchev–Trinajstić information content (AvgIpc) is 2.44. The first kappa shape index (κ1) is 18.5. The number of ether oxygens (including phenoxy) is 1. The van der Waals surface area contributed by atoms with E-state index >= 15 is 0 Å². The molecule has 126 valence electrons. The number of aryl methyl sites for hydroxylation is 1. The third-order valence-corrected chi connectivity index (χ3v) is 4.37. The number of ketones is 1.